The van der Waals surface area contributed by atoms with Crippen LogP contribution in [-0.2, 0) is 4.79 Å². The number of nitrogens with one attached hydrogen (secondary N) is 1. The van der Waals surface area contributed by atoms with E-state index in [4.69, 9.17) is 15.4 Å². The number of likely N-dealkylation sites (N-methyl/N-ethyl adjacent to an activating group) is 1. The van der Waals surface area contributed by atoms with Crippen LogP contribution >= 0.6 is 0 Å². The number of H-pyrrole nitrogens is 1. The summed E-state index contributed by atoms with van der Waals surface area (Å²) >= 11 is 0. The standard InChI is InChI=1S/C16H10FN5O2.C5H7F2NO2/c17-10-2-1-8(11-4-6-24-22-11)7-9(10)16-20-12-3-5-19-13(12)14(21-16)15(18)23;1-8-2-5(6,7)3(9)4(8)10/h1-7,19H,(H2,18,23);3,9H,2H2,1H3. The summed E-state index contributed by atoms with van der Waals surface area (Å²) in [6, 6.07) is 7.72. The van der Waals surface area contributed by atoms with Crippen LogP contribution in [0.5, 0.6) is 0 Å². The molecule has 5 rings (SSSR count). The molecule has 0 bridgehead atoms. The molecule has 10 nitrogen and oxygen atoms in total. The van der Waals surface area contributed by atoms with Gasteiger partial charge >= 0.3 is 0 Å². The van der Waals surface area contributed by atoms with Crippen LogP contribution in [0.15, 0.2) is 47.3 Å². The molecular weight excluding hydrogens is 457 g/mol. The molecule has 1 atom stereocenters. The average molecular weight is 474 g/mol. The first kappa shape index (κ1) is 22.9. The predicted molar refractivity (Wildman–Crippen MR) is 112 cm³/mol. The number of aromatic nitrogens is 4. The van der Waals surface area contributed by atoms with Crippen LogP contribution in [0.3, 0.4) is 0 Å². The second kappa shape index (κ2) is 8.59. The molecule has 3 aromatic heterocycles. The lowest BCUT2D eigenvalue weighted by Gasteiger charge is -2.08. The van der Waals surface area contributed by atoms with Crippen LogP contribution in [0, 0.1) is 5.82 Å². The minimum atomic E-state index is -3.27. The smallest absolute Gasteiger partial charge is 0.299 e. The number of aliphatic hydroxyl groups excluding tert-OH is 1. The van der Waals surface area contributed by atoms with E-state index in [1.54, 1.807) is 30.5 Å². The summed E-state index contributed by atoms with van der Waals surface area (Å²) in [6.45, 7) is -0.688. The Morgan fingerprint density at radius 2 is 2.06 bits per heavy atom. The van der Waals surface area contributed by atoms with Crippen molar-refractivity contribution in [1.29, 1.82) is 0 Å². The third-order valence-corrected chi connectivity index (χ3v) is 5.04. The van der Waals surface area contributed by atoms with Crippen molar-refractivity contribution in [2.75, 3.05) is 13.6 Å². The number of halogens is 3. The first-order chi connectivity index (χ1) is 16.1. The zero-order valence-corrected chi connectivity index (χ0v) is 17.5. The molecule has 0 saturated carbocycles. The van der Waals surface area contributed by atoms with Gasteiger partial charge in [0, 0.05) is 24.9 Å². The van der Waals surface area contributed by atoms with Gasteiger partial charge in [0.1, 0.15) is 17.8 Å². The summed E-state index contributed by atoms with van der Waals surface area (Å²) < 4.78 is 43.8. The molecule has 176 valence electrons. The fourth-order valence-corrected chi connectivity index (χ4v) is 3.33. The molecule has 1 aliphatic heterocycles. The van der Waals surface area contributed by atoms with Gasteiger partial charge in [0.15, 0.2) is 17.6 Å². The number of nitrogens with two attached hydrogens (primary N) is 1. The van der Waals surface area contributed by atoms with E-state index in [0.717, 1.165) is 4.90 Å². The minimum Gasteiger partial charge on any atom is -0.378 e. The maximum absolute atomic E-state index is 14.3. The molecule has 1 saturated heterocycles. The molecule has 4 N–H and O–H groups in total. The van der Waals surface area contributed by atoms with Gasteiger partial charge in [-0.25, -0.2) is 23.1 Å². The van der Waals surface area contributed by atoms with Crippen LogP contribution in [-0.4, -0.2) is 67.5 Å². The van der Waals surface area contributed by atoms with E-state index in [9.17, 15) is 22.8 Å². The molecule has 0 radical (unpaired) electrons. The summed E-state index contributed by atoms with van der Waals surface area (Å²) in [4.78, 5) is 34.2. The first-order valence-electron chi connectivity index (χ1n) is 9.75. The third-order valence-electron chi connectivity index (χ3n) is 5.04. The number of alkyl halides is 2. The number of amides is 2. The Balaban J connectivity index is 0.000000231. The van der Waals surface area contributed by atoms with E-state index in [1.807, 2.05) is 0 Å². The van der Waals surface area contributed by atoms with Crippen molar-refractivity contribution in [3.8, 4) is 22.6 Å². The molecule has 1 fully saturated rings. The van der Waals surface area contributed by atoms with Gasteiger partial charge in [0.25, 0.3) is 17.7 Å². The van der Waals surface area contributed by atoms with Crippen molar-refractivity contribution in [2.45, 2.75) is 12.0 Å². The van der Waals surface area contributed by atoms with Crippen molar-refractivity contribution < 1.29 is 32.4 Å². The van der Waals surface area contributed by atoms with Gasteiger partial charge < -0.3 is 25.2 Å². The number of aromatic amines is 1. The van der Waals surface area contributed by atoms with Crippen LogP contribution in [0.25, 0.3) is 33.7 Å². The number of primary amides is 1. The molecule has 0 aliphatic carbocycles. The van der Waals surface area contributed by atoms with E-state index < -0.39 is 36.2 Å². The zero-order valence-electron chi connectivity index (χ0n) is 17.5. The van der Waals surface area contributed by atoms with Crippen LogP contribution in [0.1, 0.15) is 10.5 Å². The molecule has 1 unspecified atom stereocenters. The lowest BCUT2D eigenvalue weighted by atomic mass is 10.1. The number of fused-ring (bicyclic) bond motifs is 1. The first-order valence-corrected chi connectivity index (χ1v) is 9.75. The van der Waals surface area contributed by atoms with E-state index in [1.165, 1.54) is 19.4 Å². The van der Waals surface area contributed by atoms with Gasteiger partial charge in [-0.05, 0) is 24.3 Å². The molecule has 2 amide bonds. The van der Waals surface area contributed by atoms with Crippen molar-refractivity contribution in [3.05, 3.63) is 54.3 Å². The molecule has 34 heavy (non-hydrogen) atoms. The Kier molecular flexibility index (Phi) is 5.79. The molecule has 13 heteroatoms. The molecule has 0 spiro atoms. The third kappa shape index (κ3) is 4.20. The van der Waals surface area contributed by atoms with Crippen LogP contribution in [0.2, 0.25) is 0 Å². The van der Waals surface area contributed by atoms with E-state index >= 15 is 0 Å². The van der Waals surface area contributed by atoms with Gasteiger partial charge in [0.2, 0.25) is 0 Å². The number of rotatable bonds is 3. The second-order valence-corrected chi connectivity index (χ2v) is 7.44. The van der Waals surface area contributed by atoms with Gasteiger partial charge in [-0.15, -0.1) is 0 Å². The number of carbonyl (C=O) groups is 2. The predicted octanol–water partition coefficient (Wildman–Crippen LogP) is 1.97. The molecular formula is C21H17F3N6O4. The lowest BCUT2D eigenvalue weighted by molar-refractivity contribution is -0.140. The van der Waals surface area contributed by atoms with Gasteiger partial charge in [-0.1, -0.05) is 5.16 Å². The summed E-state index contributed by atoms with van der Waals surface area (Å²) in [5.41, 5.74) is 7.59. The molecule has 1 aromatic carbocycles. The minimum absolute atomic E-state index is 0.00578. The fourth-order valence-electron chi connectivity index (χ4n) is 3.33. The Morgan fingerprint density at radius 1 is 1.29 bits per heavy atom. The normalized spacial score (nSPS) is 17.0. The average Bonchev–Trinajstić information content (AvgIpc) is 3.52. The fraction of sp³-hybridized carbons (Fsp3) is 0.190. The van der Waals surface area contributed by atoms with Gasteiger partial charge in [0.05, 0.1) is 23.1 Å². The topological polar surface area (TPSA) is 151 Å². The monoisotopic (exact) mass is 474 g/mol. The van der Waals surface area contributed by atoms with Crippen molar-refractivity contribution >= 4 is 22.8 Å². The number of hydrogen-bond acceptors (Lipinski definition) is 7. The van der Waals surface area contributed by atoms with E-state index in [0.29, 0.717) is 22.3 Å². The van der Waals surface area contributed by atoms with E-state index in [2.05, 4.69) is 20.1 Å². The number of nitrogens with zero attached hydrogens (tertiary/aromatic N) is 4. The van der Waals surface area contributed by atoms with Crippen LogP contribution < -0.4 is 5.73 Å². The quantitative estimate of drug-likeness (QED) is 0.411. The number of benzene rings is 1. The second-order valence-electron chi connectivity index (χ2n) is 7.44. The SMILES string of the molecule is CN1CC(F)(F)C(O)C1=O.NC(=O)c1nc(-c2cc(-c3ccon3)ccc2F)nc2cc[nH]c12. The highest BCUT2D eigenvalue weighted by atomic mass is 19.3. The summed E-state index contributed by atoms with van der Waals surface area (Å²) in [7, 11) is 1.23. The largest absolute Gasteiger partial charge is 0.378 e. The molecule has 1 aliphatic rings. The number of aliphatic hydroxyl groups is 1. The highest BCUT2D eigenvalue weighted by Gasteiger charge is 2.52. The van der Waals surface area contributed by atoms with Crippen molar-refractivity contribution in [3.63, 3.8) is 0 Å². The van der Waals surface area contributed by atoms with Crippen LogP contribution in [0.4, 0.5) is 13.2 Å². The van der Waals surface area contributed by atoms with Crippen molar-refractivity contribution in [1.82, 2.24) is 25.0 Å². The highest BCUT2D eigenvalue weighted by Crippen LogP contribution is 2.28. The summed E-state index contributed by atoms with van der Waals surface area (Å²) in [5.74, 6) is -5.36. The number of hydrogen-bond donors (Lipinski definition) is 3. The Morgan fingerprint density at radius 3 is 2.62 bits per heavy atom. The van der Waals surface area contributed by atoms with Crippen molar-refractivity contribution in [2.24, 2.45) is 5.73 Å². The Labute approximate surface area is 189 Å². The molecule has 4 aromatic rings. The summed E-state index contributed by atoms with van der Waals surface area (Å²) in [5, 5.41) is 12.4. The number of carbonyl (C=O) groups excluding carboxylic acids is 2. The lowest BCUT2D eigenvalue weighted by Crippen LogP contribution is -2.33. The zero-order chi connectivity index (χ0) is 24.6. The summed E-state index contributed by atoms with van der Waals surface area (Å²) in [6.07, 6.45) is 0.890. The maximum atomic E-state index is 14.3. The molecule has 4 heterocycles. The highest BCUT2D eigenvalue weighted by molar-refractivity contribution is 6.02. The van der Waals surface area contributed by atoms with Gasteiger partial charge in [-0.2, -0.15) is 0 Å². The number of likely N-dealkylation sites (tertiary alicyclic amines) is 1. The Hall–Kier alpha value is -4.26. The maximum Gasteiger partial charge on any atom is 0.299 e. The van der Waals surface area contributed by atoms with Gasteiger partial charge in [-0.3, -0.25) is 9.59 Å². The Bertz CT molecular complexity index is 1370. The van der Waals surface area contributed by atoms with E-state index in [-0.39, 0.29) is 17.1 Å².